The maximum Gasteiger partial charge on any atom is 0.350 e. The van der Waals surface area contributed by atoms with E-state index in [9.17, 15) is 4.79 Å². The number of hydrogen-bond donors (Lipinski definition) is 0. The minimum Gasteiger partial charge on any atom is -0.465 e. The number of benzene rings is 1. The van der Waals surface area contributed by atoms with E-state index in [2.05, 4.69) is 36.7 Å². The van der Waals surface area contributed by atoms with E-state index >= 15 is 0 Å². The first-order valence-electron chi connectivity index (χ1n) is 8.27. The monoisotopic (exact) mass is 341 g/mol. The van der Waals surface area contributed by atoms with Crippen LogP contribution in [0, 0.1) is 0 Å². The molecule has 1 saturated carbocycles. The molecule has 3 rings (SSSR count). The maximum atomic E-state index is 12.3. The summed E-state index contributed by atoms with van der Waals surface area (Å²) >= 11 is 1.50. The van der Waals surface area contributed by atoms with E-state index in [4.69, 9.17) is 4.74 Å². The van der Waals surface area contributed by atoms with Crippen LogP contribution in [0.25, 0.3) is 10.4 Å². The van der Waals surface area contributed by atoms with Crippen LogP contribution < -0.4 is 4.90 Å². The van der Waals surface area contributed by atoms with Crippen molar-refractivity contribution in [2.45, 2.75) is 31.7 Å². The molecule has 126 valence electrons. The van der Waals surface area contributed by atoms with Crippen LogP contribution in [0.5, 0.6) is 0 Å². The van der Waals surface area contributed by atoms with Crippen molar-refractivity contribution in [3.63, 3.8) is 0 Å². The van der Waals surface area contributed by atoms with E-state index in [0.29, 0.717) is 10.9 Å². The van der Waals surface area contributed by atoms with Crippen LogP contribution in [0.4, 0.5) is 5.69 Å². The Kier molecular flexibility index (Phi) is 5.05. The largest absolute Gasteiger partial charge is 0.465 e. The topological polar surface area (TPSA) is 29.5 Å². The summed E-state index contributed by atoms with van der Waals surface area (Å²) in [4.78, 5) is 16.3. The van der Waals surface area contributed by atoms with E-state index in [1.165, 1.54) is 24.0 Å². The SMILES string of the molecule is C=C1CCC(N(C)c2cc(-c3ccccc3)sc2C(=O)OC)CC1. The summed E-state index contributed by atoms with van der Waals surface area (Å²) in [5.41, 5.74) is 3.44. The molecule has 0 aliphatic heterocycles. The Balaban J connectivity index is 1.94. The van der Waals surface area contributed by atoms with Crippen LogP contribution in [0.1, 0.15) is 35.4 Å². The molecular weight excluding hydrogens is 318 g/mol. The molecule has 1 aromatic heterocycles. The highest BCUT2D eigenvalue weighted by Crippen LogP contribution is 2.39. The van der Waals surface area contributed by atoms with Crippen LogP contribution in [0.15, 0.2) is 48.6 Å². The highest BCUT2D eigenvalue weighted by atomic mass is 32.1. The second-order valence-electron chi connectivity index (χ2n) is 6.27. The van der Waals surface area contributed by atoms with Crippen LogP contribution in [-0.2, 0) is 4.74 Å². The van der Waals surface area contributed by atoms with Gasteiger partial charge in [-0.1, -0.05) is 42.5 Å². The molecule has 0 radical (unpaired) electrons. The third-order valence-electron chi connectivity index (χ3n) is 4.73. The van der Waals surface area contributed by atoms with Crippen molar-refractivity contribution in [3.05, 3.63) is 53.4 Å². The lowest BCUT2D eigenvalue weighted by atomic mass is 9.91. The average Bonchev–Trinajstić information content (AvgIpc) is 3.07. The van der Waals surface area contributed by atoms with Gasteiger partial charge in [-0.05, 0) is 37.3 Å². The van der Waals surface area contributed by atoms with Gasteiger partial charge in [0.1, 0.15) is 4.88 Å². The van der Waals surface area contributed by atoms with Gasteiger partial charge in [0.05, 0.1) is 12.8 Å². The van der Waals surface area contributed by atoms with E-state index in [-0.39, 0.29) is 5.97 Å². The second-order valence-corrected chi connectivity index (χ2v) is 7.33. The first-order chi connectivity index (χ1) is 11.6. The first-order valence-corrected chi connectivity index (χ1v) is 9.09. The molecule has 0 bridgehead atoms. The van der Waals surface area contributed by atoms with Gasteiger partial charge in [0.15, 0.2) is 0 Å². The Bertz CT molecular complexity index is 725. The average molecular weight is 341 g/mol. The fraction of sp³-hybridized carbons (Fsp3) is 0.350. The van der Waals surface area contributed by atoms with E-state index in [1.54, 1.807) is 0 Å². The molecule has 1 aromatic carbocycles. The number of carbonyl (C=O) groups excluding carboxylic acids is 1. The van der Waals surface area contributed by atoms with Crippen LogP contribution >= 0.6 is 11.3 Å². The van der Waals surface area contributed by atoms with Gasteiger partial charge in [0.2, 0.25) is 0 Å². The number of thiophene rings is 1. The Hall–Kier alpha value is -2.07. The van der Waals surface area contributed by atoms with E-state index in [1.807, 2.05) is 18.2 Å². The molecule has 1 heterocycles. The smallest absolute Gasteiger partial charge is 0.350 e. The van der Waals surface area contributed by atoms with Gasteiger partial charge in [-0.15, -0.1) is 11.3 Å². The minimum atomic E-state index is -0.260. The highest BCUT2D eigenvalue weighted by molar-refractivity contribution is 7.18. The molecule has 1 aliphatic carbocycles. The third-order valence-corrected chi connectivity index (χ3v) is 5.88. The number of hydrogen-bond acceptors (Lipinski definition) is 4. The highest BCUT2D eigenvalue weighted by Gasteiger charge is 2.26. The van der Waals surface area contributed by atoms with Gasteiger partial charge < -0.3 is 9.64 Å². The van der Waals surface area contributed by atoms with Crippen LogP contribution in [-0.4, -0.2) is 26.2 Å². The van der Waals surface area contributed by atoms with Gasteiger partial charge in [0, 0.05) is 18.0 Å². The number of esters is 1. The molecule has 0 N–H and O–H groups in total. The number of anilines is 1. The predicted molar refractivity (Wildman–Crippen MR) is 101 cm³/mol. The lowest BCUT2D eigenvalue weighted by Crippen LogP contribution is -2.34. The molecule has 1 aliphatic rings. The van der Waals surface area contributed by atoms with Crippen molar-refractivity contribution in [1.29, 1.82) is 0 Å². The fourth-order valence-electron chi connectivity index (χ4n) is 3.22. The molecule has 0 atom stereocenters. The summed E-state index contributed by atoms with van der Waals surface area (Å²) in [5.74, 6) is -0.260. The van der Waals surface area contributed by atoms with Crippen molar-refractivity contribution >= 4 is 23.0 Å². The lowest BCUT2D eigenvalue weighted by molar-refractivity contribution is 0.0607. The standard InChI is InChI=1S/C20H23NO2S/c1-14-9-11-16(12-10-14)21(2)17-13-18(15-7-5-4-6-8-15)24-19(17)20(22)23-3/h4-8,13,16H,1,9-12H2,2-3H3. The quantitative estimate of drug-likeness (QED) is 0.570. The van der Waals surface area contributed by atoms with Gasteiger partial charge in [0.25, 0.3) is 0 Å². The van der Waals surface area contributed by atoms with E-state index in [0.717, 1.165) is 41.8 Å². The molecule has 24 heavy (non-hydrogen) atoms. The Morgan fingerprint density at radius 3 is 2.54 bits per heavy atom. The summed E-state index contributed by atoms with van der Waals surface area (Å²) in [5, 5.41) is 0. The number of methoxy groups -OCH3 is 1. The number of allylic oxidation sites excluding steroid dienone is 1. The molecule has 2 aromatic rings. The molecule has 3 nitrogen and oxygen atoms in total. The first kappa shape index (κ1) is 16.8. The lowest BCUT2D eigenvalue weighted by Gasteiger charge is -2.33. The Morgan fingerprint density at radius 2 is 1.92 bits per heavy atom. The molecule has 0 amide bonds. The number of ether oxygens (including phenoxy) is 1. The Morgan fingerprint density at radius 1 is 1.25 bits per heavy atom. The van der Waals surface area contributed by atoms with Crippen molar-refractivity contribution in [2.75, 3.05) is 19.1 Å². The number of rotatable bonds is 4. The minimum absolute atomic E-state index is 0.260. The molecule has 0 unspecified atom stereocenters. The normalized spacial score (nSPS) is 15.3. The van der Waals surface area contributed by atoms with Crippen molar-refractivity contribution in [2.24, 2.45) is 0 Å². The zero-order chi connectivity index (χ0) is 17.1. The van der Waals surface area contributed by atoms with Crippen LogP contribution in [0.2, 0.25) is 0 Å². The molecule has 0 spiro atoms. The zero-order valence-electron chi connectivity index (χ0n) is 14.2. The van der Waals surface area contributed by atoms with Crippen molar-refractivity contribution in [1.82, 2.24) is 0 Å². The molecule has 1 fully saturated rings. The predicted octanol–water partition coefficient (Wildman–Crippen LogP) is 5.14. The second kappa shape index (κ2) is 7.22. The molecular formula is C20H23NO2S. The molecule has 4 heteroatoms. The van der Waals surface area contributed by atoms with E-state index < -0.39 is 0 Å². The molecule has 0 saturated heterocycles. The van der Waals surface area contributed by atoms with Crippen molar-refractivity contribution < 1.29 is 9.53 Å². The summed E-state index contributed by atoms with van der Waals surface area (Å²) in [6.45, 7) is 4.09. The third kappa shape index (κ3) is 3.39. The Labute approximate surface area is 147 Å². The zero-order valence-corrected chi connectivity index (χ0v) is 15.1. The maximum absolute atomic E-state index is 12.3. The number of carbonyl (C=O) groups is 1. The van der Waals surface area contributed by atoms with Gasteiger partial charge in [-0.25, -0.2) is 4.79 Å². The number of nitrogens with zero attached hydrogens (tertiary/aromatic N) is 1. The van der Waals surface area contributed by atoms with Gasteiger partial charge in [-0.3, -0.25) is 0 Å². The summed E-state index contributed by atoms with van der Waals surface area (Å²) in [6, 6.07) is 12.7. The van der Waals surface area contributed by atoms with Gasteiger partial charge >= 0.3 is 5.97 Å². The summed E-state index contributed by atoms with van der Waals surface area (Å²) in [7, 11) is 3.53. The van der Waals surface area contributed by atoms with Crippen molar-refractivity contribution in [3.8, 4) is 10.4 Å². The van der Waals surface area contributed by atoms with Gasteiger partial charge in [-0.2, -0.15) is 0 Å². The summed E-state index contributed by atoms with van der Waals surface area (Å²) in [6.07, 6.45) is 4.31. The summed E-state index contributed by atoms with van der Waals surface area (Å²) < 4.78 is 5.01. The van der Waals surface area contributed by atoms with Crippen LogP contribution in [0.3, 0.4) is 0 Å². The fourth-order valence-corrected chi connectivity index (χ4v) is 4.34.